The van der Waals surface area contributed by atoms with Crippen molar-refractivity contribution in [1.29, 1.82) is 0 Å². The van der Waals surface area contributed by atoms with Gasteiger partial charge in [-0.05, 0) is 18.4 Å². The first-order valence-electron chi connectivity index (χ1n) is 4.86. The van der Waals surface area contributed by atoms with Gasteiger partial charge in [0.1, 0.15) is 6.04 Å². The molecule has 1 amide bonds. The summed E-state index contributed by atoms with van der Waals surface area (Å²) in [6.45, 7) is 0. The second-order valence-corrected chi connectivity index (χ2v) is 3.36. The first-order valence-corrected chi connectivity index (χ1v) is 4.86. The van der Waals surface area contributed by atoms with Crippen molar-refractivity contribution in [3.05, 3.63) is 35.9 Å². The van der Waals surface area contributed by atoms with E-state index < -0.39 is 18.1 Å². The molecule has 3 N–H and O–H groups in total. The Hall–Kier alpha value is -2.04. The third-order valence-corrected chi connectivity index (χ3v) is 2.16. The molecule has 0 aliphatic rings. The summed E-state index contributed by atoms with van der Waals surface area (Å²) in [5.41, 5.74) is 0.987. The molecule has 16 heavy (non-hydrogen) atoms. The van der Waals surface area contributed by atoms with Crippen LogP contribution in [-0.2, 0) is 11.2 Å². The summed E-state index contributed by atoms with van der Waals surface area (Å²) in [5, 5.41) is 19.2. The fraction of sp³-hybridized carbons (Fsp3) is 0.273. The van der Waals surface area contributed by atoms with Crippen LogP contribution in [0.25, 0.3) is 0 Å². The summed E-state index contributed by atoms with van der Waals surface area (Å²) in [6, 6.07) is 8.27. The number of carbonyl (C=O) groups is 2. The number of nitrogens with one attached hydrogen (secondary N) is 1. The molecule has 0 fully saturated rings. The zero-order chi connectivity index (χ0) is 12.0. The van der Waals surface area contributed by atoms with E-state index >= 15 is 0 Å². The lowest BCUT2D eigenvalue weighted by Gasteiger charge is -2.11. The Labute approximate surface area is 92.7 Å². The maximum Gasteiger partial charge on any atom is 0.405 e. The van der Waals surface area contributed by atoms with Gasteiger partial charge in [-0.3, -0.25) is 0 Å². The molecule has 0 radical (unpaired) electrons. The summed E-state index contributed by atoms with van der Waals surface area (Å²) in [6.07, 6.45) is -0.551. The maximum absolute atomic E-state index is 10.7. The van der Waals surface area contributed by atoms with Gasteiger partial charge in [0.2, 0.25) is 0 Å². The first-order chi connectivity index (χ1) is 7.59. The highest BCUT2D eigenvalue weighted by molar-refractivity contribution is 5.79. The summed E-state index contributed by atoms with van der Waals surface area (Å²) in [5.74, 6) is -1.15. The number of carboxylic acids is 1. The van der Waals surface area contributed by atoms with Crippen LogP contribution in [0.3, 0.4) is 0 Å². The molecule has 0 heterocycles. The van der Waals surface area contributed by atoms with Crippen LogP contribution in [-0.4, -0.2) is 28.3 Å². The zero-order valence-corrected chi connectivity index (χ0v) is 8.59. The predicted molar refractivity (Wildman–Crippen MR) is 57.3 cm³/mol. The molecule has 5 heteroatoms. The van der Waals surface area contributed by atoms with Crippen LogP contribution in [0.1, 0.15) is 12.0 Å². The predicted octanol–water partition coefficient (Wildman–Crippen LogP) is 1.34. The van der Waals surface area contributed by atoms with Crippen molar-refractivity contribution < 1.29 is 19.8 Å². The minimum absolute atomic E-state index is 0.242. The molecule has 1 aromatic rings. The molecule has 0 saturated carbocycles. The Balaban J connectivity index is 2.50. The van der Waals surface area contributed by atoms with E-state index in [0.29, 0.717) is 6.42 Å². The van der Waals surface area contributed by atoms with Crippen molar-refractivity contribution in [2.75, 3.05) is 0 Å². The lowest BCUT2D eigenvalue weighted by molar-refractivity contribution is -0.139. The molecule has 0 bridgehead atoms. The summed E-state index contributed by atoms with van der Waals surface area (Å²) in [4.78, 5) is 21.1. The molecule has 1 atom stereocenters. The van der Waals surface area contributed by atoms with Crippen LogP contribution < -0.4 is 5.32 Å². The van der Waals surface area contributed by atoms with Crippen molar-refractivity contribution in [2.24, 2.45) is 0 Å². The Morgan fingerprint density at radius 2 is 1.81 bits per heavy atom. The van der Waals surface area contributed by atoms with Crippen molar-refractivity contribution in [3.8, 4) is 0 Å². The Kier molecular flexibility index (Phi) is 4.32. The van der Waals surface area contributed by atoms with Gasteiger partial charge in [-0.25, -0.2) is 9.59 Å². The number of hydrogen-bond donors (Lipinski definition) is 3. The highest BCUT2D eigenvalue weighted by atomic mass is 16.4. The molecule has 0 aromatic heterocycles. The van der Waals surface area contributed by atoms with Gasteiger partial charge in [0, 0.05) is 0 Å². The minimum Gasteiger partial charge on any atom is -0.480 e. The minimum atomic E-state index is -1.32. The molecular formula is C11H13NO4. The van der Waals surface area contributed by atoms with Gasteiger partial charge in [0.15, 0.2) is 0 Å². The van der Waals surface area contributed by atoms with Gasteiger partial charge < -0.3 is 15.5 Å². The van der Waals surface area contributed by atoms with Crippen molar-refractivity contribution in [1.82, 2.24) is 5.32 Å². The molecule has 1 aromatic carbocycles. The van der Waals surface area contributed by atoms with Crippen molar-refractivity contribution in [3.63, 3.8) is 0 Å². The Bertz CT molecular complexity index is 364. The highest BCUT2D eigenvalue weighted by Gasteiger charge is 2.18. The highest BCUT2D eigenvalue weighted by Crippen LogP contribution is 2.05. The first kappa shape index (κ1) is 12.0. The molecule has 0 aliphatic carbocycles. The largest absolute Gasteiger partial charge is 0.480 e. The van der Waals surface area contributed by atoms with E-state index in [4.69, 9.17) is 10.2 Å². The van der Waals surface area contributed by atoms with Crippen LogP contribution in [0.5, 0.6) is 0 Å². The number of hydrogen-bond acceptors (Lipinski definition) is 2. The number of rotatable bonds is 5. The second kappa shape index (κ2) is 5.75. The fourth-order valence-electron chi connectivity index (χ4n) is 1.36. The van der Waals surface area contributed by atoms with Gasteiger partial charge in [0.05, 0.1) is 0 Å². The average molecular weight is 223 g/mol. The van der Waals surface area contributed by atoms with Gasteiger partial charge >= 0.3 is 12.1 Å². The topological polar surface area (TPSA) is 86.6 Å². The van der Waals surface area contributed by atoms with Crippen molar-refractivity contribution >= 4 is 12.1 Å². The molecule has 5 nitrogen and oxygen atoms in total. The lowest BCUT2D eigenvalue weighted by atomic mass is 10.1. The lowest BCUT2D eigenvalue weighted by Crippen LogP contribution is -2.40. The van der Waals surface area contributed by atoms with E-state index in [0.717, 1.165) is 5.56 Å². The number of carboxylic acid groups (broad SMARTS) is 2. The summed E-state index contributed by atoms with van der Waals surface area (Å²) in [7, 11) is 0. The zero-order valence-electron chi connectivity index (χ0n) is 8.59. The molecule has 0 spiro atoms. The van der Waals surface area contributed by atoms with Gasteiger partial charge in [-0.15, -0.1) is 0 Å². The molecule has 0 unspecified atom stereocenters. The van der Waals surface area contributed by atoms with Crippen LogP contribution in [0.4, 0.5) is 4.79 Å². The molecular weight excluding hydrogens is 210 g/mol. The Morgan fingerprint density at radius 1 is 1.19 bits per heavy atom. The van der Waals surface area contributed by atoms with Crippen LogP contribution in [0.2, 0.25) is 0 Å². The fourth-order valence-corrected chi connectivity index (χ4v) is 1.36. The third kappa shape index (κ3) is 4.00. The quantitative estimate of drug-likeness (QED) is 0.703. The van der Waals surface area contributed by atoms with Crippen LogP contribution >= 0.6 is 0 Å². The standard InChI is InChI=1S/C11H13NO4/c13-10(14)9(12-11(15)16)7-6-8-4-2-1-3-5-8/h1-5,9,12H,6-7H2,(H,13,14)(H,15,16)/t9-/m1/s1. The number of aryl methyl sites for hydroxylation is 1. The van der Waals surface area contributed by atoms with Crippen LogP contribution in [0.15, 0.2) is 30.3 Å². The average Bonchev–Trinajstić information content (AvgIpc) is 2.25. The molecule has 1 rings (SSSR count). The van der Waals surface area contributed by atoms with E-state index in [1.54, 1.807) is 0 Å². The molecule has 0 aliphatic heterocycles. The molecule has 86 valence electrons. The third-order valence-electron chi connectivity index (χ3n) is 2.16. The van der Waals surface area contributed by atoms with E-state index in [1.807, 2.05) is 35.6 Å². The van der Waals surface area contributed by atoms with E-state index in [-0.39, 0.29) is 6.42 Å². The van der Waals surface area contributed by atoms with Gasteiger partial charge in [-0.2, -0.15) is 0 Å². The monoisotopic (exact) mass is 223 g/mol. The maximum atomic E-state index is 10.7. The number of amides is 1. The van der Waals surface area contributed by atoms with E-state index in [9.17, 15) is 9.59 Å². The Morgan fingerprint density at radius 3 is 2.31 bits per heavy atom. The normalized spacial score (nSPS) is 11.8. The van der Waals surface area contributed by atoms with Gasteiger partial charge in [0.25, 0.3) is 0 Å². The SMILES string of the molecule is O=C(O)N[C@H](CCc1ccccc1)C(=O)O. The van der Waals surface area contributed by atoms with E-state index in [2.05, 4.69) is 0 Å². The summed E-state index contributed by atoms with van der Waals surface area (Å²) >= 11 is 0. The second-order valence-electron chi connectivity index (χ2n) is 3.36. The van der Waals surface area contributed by atoms with Crippen molar-refractivity contribution in [2.45, 2.75) is 18.9 Å². The number of aliphatic carboxylic acids is 1. The van der Waals surface area contributed by atoms with E-state index in [1.165, 1.54) is 0 Å². The molecule has 0 saturated heterocycles. The smallest absolute Gasteiger partial charge is 0.405 e. The number of benzene rings is 1. The van der Waals surface area contributed by atoms with Crippen LogP contribution in [0, 0.1) is 0 Å². The van der Waals surface area contributed by atoms with Gasteiger partial charge in [-0.1, -0.05) is 30.3 Å². The summed E-state index contributed by atoms with van der Waals surface area (Å²) < 4.78 is 0.